The smallest absolute Gasteiger partial charge is 0.308 e. The van der Waals surface area contributed by atoms with E-state index in [4.69, 9.17) is 4.74 Å². The van der Waals surface area contributed by atoms with Crippen molar-refractivity contribution in [3.05, 3.63) is 23.3 Å². The number of hydrogen-bond donors (Lipinski definition) is 1. The van der Waals surface area contributed by atoms with Gasteiger partial charge >= 0.3 is 5.97 Å². The Morgan fingerprint density at radius 1 is 0.909 bits per heavy atom. The number of rotatable bonds is 2. The van der Waals surface area contributed by atoms with Gasteiger partial charge in [0, 0.05) is 25.1 Å². The van der Waals surface area contributed by atoms with Crippen molar-refractivity contribution in [2.24, 2.45) is 0 Å². The number of benzene rings is 1. The van der Waals surface area contributed by atoms with Crippen LogP contribution in [0.2, 0.25) is 0 Å². The zero-order valence-corrected chi connectivity index (χ0v) is 14.9. The molecule has 0 heterocycles. The fourth-order valence-electron chi connectivity index (χ4n) is 2.32. The molecule has 4 heteroatoms. The molecule has 0 aromatic heterocycles. The number of amides is 1. The third-order valence-corrected chi connectivity index (χ3v) is 3.30. The summed E-state index contributed by atoms with van der Waals surface area (Å²) in [6, 6.07) is 3.79. The third-order valence-electron chi connectivity index (χ3n) is 3.30. The van der Waals surface area contributed by atoms with Crippen molar-refractivity contribution >= 4 is 17.6 Å². The molecular formula is C18H27NO3. The average Bonchev–Trinajstić information content (AvgIpc) is 2.26. The highest BCUT2D eigenvalue weighted by Gasteiger charge is 2.26. The summed E-state index contributed by atoms with van der Waals surface area (Å²) >= 11 is 0. The van der Waals surface area contributed by atoms with Crippen LogP contribution < -0.4 is 10.1 Å². The molecule has 0 unspecified atom stereocenters. The van der Waals surface area contributed by atoms with E-state index in [1.54, 1.807) is 0 Å². The van der Waals surface area contributed by atoms with Crippen LogP contribution in [0.5, 0.6) is 5.75 Å². The Bertz CT molecular complexity index is 536. The Morgan fingerprint density at radius 2 is 1.41 bits per heavy atom. The minimum absolute atomic E-state index is 0.120. The van der Waals surface area contributed by atoms with Gasteiger partial charge in [-0.05, 0) is 28.5 Å². The lowest BCUT2D eigenvalue weighted by Gasteiger charge is -2.29. The first-order valence-electron chi connectivity index (χ1n) is 7.47. The van der Waals surface area contributed by atoms with Crippen LogP contribution in [0.1, 0.15) is 66.5 Å². The molecule has 122 valence electrons. The lowest BCUT2D eigenvalue weighted by atomic mass is 9.80. The van der Waals surface area contributed by atoms with Gasteiger partial charge in [0.25, 0.3) is 0 Å². The van der Waals surface area contributed by atoms with Crippen molar-refractivity contribution in [1.29, 1.82) is 0 Å². The minimum atomic E-state index is -0.349. The van der Waals surface area contributed by atoms with Gasteiger partial charge in [0.05, 0.1) is 0 Å². The Hall–Kier alpha value is -1.84. The monoisotopic (exact) mass is 305 g/mol. The van der Waals surface area contributed by atoms with Crippen LogP contribution in [0, 0.1) is 0 Å². The molecule has 4 nitrogen and oxygen atoms in total. The summed E-state index contributed by atoms with van der Waals surface area (Å²) in [4.78, 5) is 22.9. The van der Waals surface area contributed by atoms with Crippen molar-refractivity contribution in [1.82, 2.24) is 0 Å². The van der Waals surface area contributed by atoms with E-state index in [1.807, 2.05) is 32.9 Å². The van der Waals surface area contributed by atoms with E-state index in [0.29, 0.717) is 5.75 Å². The lowest BCUT2D eigenvalue weighted by Crippen LogP contribution is -2.21. The summed E-state index contributed by atoms with van der Waals surface area (Å²) < 4.78 is 5.42. The predicted octanol–water partition coefficient (Wildman–Crippen LogP) is 4.17. The van der Waals surface area contributed by atoms with Crippen LogP contribution in [-0.4, -0.2) is 11.9 Å². The molecule has 1 aromatic carbocycles. The van der Waals surface area contributed by atoms with Crippen molar-refractivity contribution in [3.8, 4) is 5.75 Å². The molecule has 0 radical (unpaired) electrons. The molecular weight excluding hydrogens is 278 g/mol. The van der Waals surface area contributed by atoms with Crippen LogP contribution in [0.25, 0.3) is 0 Å². The highest BCUT2D eigenvalue weighted by Crippen LogP contribution is 2.40. The van der Waals surface area contributed by atoms with Gasteiger partial charge in [-0.1, -0.05) is 41.5 Å². The molecule has 0 aliphatic carbocycles. The van der Waals surface area contributed by atoms with E-state index in [0.717, 1.165) is 16.8 Å². The Morgan fingerprint density at radius 3 is 1.77 bits per heavy atom. The van der Waals surface area contributed by atoms with Crippen molar-refractivity contribution in [3.63, 3.8) is 0 Å². The number of hydrogen-bond acceptors (Lipinski definition) is 3. The summed E-state index contributed by atoms with van der Waals surface area (Å²) in [5.74, 6) is 0.0854. The molecule has 0 saturated heterocycles. The van der Waals surface area contributed by atoms with Gasteiger partial charge in [-0.2, -0.15) is 0 Å². The van der Waals surface area contributed by atoms with Gasteiger partial charge < -0.3 is 10.1 Å². The topological polar surface area (TPSA) is 55.4 Å². The number of ether oxygens (including phenoxy) is 1. The Kier molecular flexibility index (Phi) is 5.06. The maximum atomic E-state index is 11.5. The molecule has 0 spiro atoms. The predicted molar refractivity (Wildman–Crippen MR) is 89.5 cm³/mol. The average molecular weight is 305 g/mol. The van der Waals surface area contributed by atoms with Crippen LogP contribution in [0.15, 0.2) is 12.1 Å². The Balaban J connectivity index is 3.63. The van der Waals surface area contributed by atoms with Crippen molar-refractivity contribution < 1.29 is 14.3 Å². The van der Waals surface area contributed by atoms with E-state index >= 15 is 0 Å². The molecule has 1 aromatic rings. The molecule has 0 aliphatic rings. The van der Waals surface area contributed by atoms with Crippen LogP contribution in [0.4, 0.5) is 5.69 Å². The standard InChI is InChI=1S/C18H27NO3/c1-11(20)19-15-9-14(18(6,7)8)16(22-12(2)21)10-13(15)17(3,4)5/h9-10H,1-8H3,(H,19,20). The second kappa shape index (κ2) is 6.11. The van der Waals surface area contributed by atoms with Crippen LogP contribution in [-0.2, 0) is 20.4 Å². The van der Waals surface area contributed by atoms with Gasteiger partial charge in [0.2, 0.25) is 5.91 Å². The number of anilines is 1. The second-order valence-corrected chi connectivity index (χ2v) is 7.67. The first kappa shape index (κ1) is 18.2. The molecule has 1 rings (SSSR count). The molecule has 1 amide bonds. The van der Waals surface area contributed by atoms with E-state index in [2.05, 4.69) is 26.1 Å². The molecule has 0 saturated carbocycles. The van der Waals surface area contributed by atoms with Gasteiger partial charge in [0.1, 0.15) is 5.75 Å². The number of nitrogens with one attached hydrogen (secondary N) is 1. The summed E-state index contributed by atoms with van der Waals surface area (Å²) in [5, 5.41) is 2.89. The van der Waals surface area contributed by atoms with E-state index < -0.39 is 0 Å². The molecule has 22 heavy (non-hydrogen) atoms. The fourth-order valence-corrected chi connectivity index (χ4v) is 2.32. The molecule has 1 N–H and O–H groups in total. The Labute approximate surface area is 133 Å². The minimum Gasteiger partial charge on any atom is -0.426 e. The van der Waals surface area contributed by atoms with E-state index in [9.17, 15) is 9.59 Å². The summed E-state index contributed by atoms with van der Waals surface area (Å²) in [6.07, 6.45) is 0. The maximum Gasteiger partial charge on any atom is 0.308 e. The lowest BCUT2D eigenvalue weighted by molar-refractivity contribution is -0.132. The van der Waals surface area contributed by atoms with Crippen LogP contribution >= 0.6 is 0 Å². The summed E-state index contributed by atoms with van der Waals surface area (Å²) in [5.41, 5.74) is 2.18. The first-order chi connectivity index (χ1) is 9.82. The highest BCUT2D eigenvalue weighted by atomic mass is 16.5. The summed E-state index contributed by atoms with van der Waals surface area (Å²) in [7, 11) is 0. The number of esters is 1. The zero-order chi connectivity index (χ0) is 17.3. The maximum absolute atomic E-state index is 11.5. The summed E-state index contributed by atoms with van der Waals surface area (Å²) in [6.45, 7) is 15.2. The van der Waals surface area contributed by atoms with E-state index in [1.165, 1.54) is 13.8 Å². The normalized spacial score (nSPS) is 12.0. The highest BCUT2D eigenvalue weighted by molar-refractivity contribution is 5.90. The fraction of sp³-hybridized carbons (Fsp3) is 0.556. The van der Waals surface area contributed by atoms with Crippen molar-refractivity contribution in [2.45, 2.75) is 66.2 Å². The molecule has 0 bridgehead atoms. The quantitative estimate of drug-likeness (QED) is 0.659. The van der Waals surface area contributed by atoms with E-state index in [-0.39, 0.29) is 22.7 Å². The number of carbonyl (C=O) groups is 2. The van der Waals surface area contributed by atoms with Gasteiger partial charge in [-0.3, -0.25) is 9.59 Å². The third kappa shape index (κ3) is 4.58. The van der Waals surface area contributed by atoms with Gasteiger partial charge in [-0.25, -0.2) is 0 Å². The van der Waals surface area contributed by atoms with Gasteiger partial charge in [0.15, 0.2) is 0 Å². The SMILES string of the molecule is CC(=O)Nc1cc(C(C)(C)C)c(OC(C)=O)cc1C(C)(C)C. The second-order valence-electron chi connectivity index (χ2n) is 7.67. The zero-order valence-electron chi connectivity index (χ0n) is 14.9. The van der Waals surface area contributed by atoms with Gasteiger partial charge in [-0.15, -0.1) is 0 Å². The van der Waals surface area contributed by atoms with Crippen molar-refractivity contribution in [2.75, 3.05) is 5.32 Å². The molecule has 0 fully saturated rings. The number of carbonyl (C=O) groups excluding carboxylic acids is 2. The first-order valence-corrected chi connectivity index (χ1v) is 7.47. The molecule has 0 atom stereocenters. The largest absolute Gasteiger partial charge is 0.426 e. The molecule has 0 aliphatic heterocycles. The van der Waals surface area contributed by atoms with Crippen LogP contribution in [0.3, 0.4) is 0 Å².